The summed E-state index contributed by atoms with van der Waals surface area (Å²) in [6.45, 7) is 4.32. The second-order valence-corrected chi connectivity index (χ2v) is 7.07. The minimum Gasteiger partial charge on any atom is -0.392 e. The van der Waals surface area contributed by atoms with Crippen LogP contribution in [0.4, 0.5) is 0 Å². The zero-order valence-corrected chi connectivity index (χ0v) is 12.2. The van der Waals surface area contributed by atoms with Crippen LogP contribution in [0.1, 0.15) is 51.3 Å². The highest BCUT2D eigenvalue weighted by molar-refractivity contribution is 7.99. The van der Waals surface area contributed by atoms with Gasteiger partial charge < -0.3 is 5.11 Å². The van der Waals surface area contributed by atoms with Gasteiger partial charge in [-0.25, -0.2) is 0 Å². The number of aliphatic hydroxyl groups is 1. The van der Waals surface area contributed by atoms with Crippen molar-refractivity contribution in [2.45, 2.75) is 63.3 Å². The van der Waals surface area contributed by atoms with Crippen LogP contribution in [-0.4, -0.2) is 32.0 Å². The summed E-state index contributed by atoms with van der Waals surface area (Å²) in [5.74, 6) is 0.800. The number of nitrogens with zero attached hydrogens (tertiary/aromatic N) is 2. The minimum atomic E-state index is -0.274. The van der Waals surface area contributed by atoms with E-state index < -0.39 is 0 Å². The molecule has 1 atom stereocenters. The summed E-state index contributed by atoms with van der Waals surface area (Å²) in [4.78, 5) is 0. The number of hydrogen-bond acceptors (Lipinski definition) is 3. The molecule has 0 radical (unpaired) electrons. The van der Waals surface area contributed by atoms with Crippen LogP contribution in [0.15, 0.2) is 12.3 Å². The van der Waals surface area contributed by atoms with Gasteiger partial charge >= 0.3 is 0 Å². The molecule has 1 aromatic heterocycles. The van der Waals surface area contributed by atoms with E-state index in [4.69, 9.17) is 0 Å². The Morgan fingerprint density at radius 2 is 2.17 bits per heavy atom. The smallest absolute Gasteiger partial charge is 0.0686 e. The van der Waals surface area contributed by atoms with Gasteiger partial charge in [-0.1, -0.05) is 26.7 Å². The Bertz CT molecular complexity index is 358. The molecule has 2 rings (SSSR count). The van der Waals surface area contributed by atoms with Gasteiger partial charge in [0.2, 0.25) is 0 Å². The molecule has 1 saturated carbocycles. The lowest BCUT2D eigenvalue weighted by molar-refractivity contribution is 0.198. The summed E-state index contributed by atoms with van der Waals surface area (Å²) in [5.41, 5.74) is 1.03. The molecule has 102 valence electrons. The third kappa shape index (κ3) is 4.02. The second-order valence-electron chi connectivity index (χ2n) is 5.47. The molecule has 1 aromatic rings. The first-order valence-corrected chi connectivity index (χ1v) is 8.03. The van der Waals surface area contributed by atoms with E-state index in [0.29, 0.717) is 17.7 Å². The maximum Gasteiger partial charge on any atom is 0.0686 e. The van der Waals surface area contributed by atoms with E-state index in [1.165, 1.54) is 25.7 Å². The first kappa shape index (κ1) is 13.9. The van der Waals surface area contributed by atoms with Gasteiger partial charge in [0.05, 0.1) is 17.8 Å². The van der Waals surface area contributed by atoms with E-state index in [2.05, 4.69) is 35.9 Å². The molecule has 1 aliphatic carbocycles. The molecule has 0 bridgehead atoms. The highest BCUT2D eigenvalue weighted by atomic mass is 32.2. The van der Waals surface area contributed by atoms with E-state index in [1.807, 2.05) is 0 Å². The van der Waals surface area contributed by atoms with Crippen molar-refractivity contribution < 1.29 is 5.11 Å². The van der Waals surface area contributed by atoms with Crippen molar-refractivity contribution in [1.82, 2.24) is 9.78 Å². The quantitative estimate of drug-likeness (QED) is 0.861. The standard InChI is InChI=1S/C14H24N2OS/c1-11(2)18-10-14(17)9-12-7-8-16(15-12)13-5-3-4-6-13/h7-8,11,13-14,17H,3-6,9-10H2,1-2H3. The highest BCUT2D eigenvalue weighted by Crippen LogP contribution is 2.28. The molecule has 18 heavy (non-hydrogen) atoms. The average Bonchev–Trinajstić information content (AvgIpc) is 2.95. The molecule has 1 fully saturated rings. The molecule has 0 aliphatic heterocycles. The normalized spacial score (nSPS) is 18.7. The lowest BCUT2D eigenvalue weighted by Gasteiger charge is -2.11. The zero-order chi connectivity index (χ0) is 13.0. The van der Waals surface area contributed by atoms with E-state index in [1.54, 1.807) is 11.8 Å². The fourth-order valence-corrected chi connectivity index (χ4v) is 3.19. The largest absolute Gasteiger partial charge is 0.392 e. The lowest BCUT2D eigenvalue weighted by Crippen LogP contribution is -2.16. The van der Waals surface area contributed by atoms with Gasteiger partial charge in [0.25, 0.3) is 0 Å². The maximum absolute atomic E-state index is 9.96. The number of hydrogen-bond donors (Lipinski definition) is 1. The van der Waals surface area contributed by atoms with Crippen LogP contribution in [0.25, 0.3) is 0 Å². The van der Waals surface area contributed by atoms with E-state index in [-0.39, 0.29) is 6.10 Å². The molecule has 0 saturated heterocycles. The number of aromatic nitrogens is 2. The van der Waals surface area contributed by atoms with Crippen LogP contribution < -0.4 is 0 Å². The van der Waals surface area contributed by atoms with Gasteiger partial charge in [0, 0.05) is 18.4 Å². The van der Waals surface area contributed by atoms with Crippen molar-refractivity contribution in [3.63, 3.8) is 0 Å². The fourth-order valence-electron chi connectivity index (χ4n) is 2.46. The summed E-state index contributed by atoms with van der Waals surface area (Å²) >= 11 is 1.81. The van der Waals surface area contributed by atoms with E-state index in [9.17, 15) is 5.11 Å². The molecule has 1 unspecified atom stereocenters. The fraction of sp³-hybridized carbons (Fsp3) is 0.786. The summed E-state index contributed by atoms with van der Waals surface area (Å²) in [5, 5.41) is 15.1. The van der Waals surface area contributed by atoms with Crippen LogP contribution in [0.2, 0.25) is 0 Å². The number of rotatable bonds is 6. The predicted octanol–water partition coefficient (Wildman–Crippen LogP) is 3.04. The van der Waals surface area contributed by atoms with E-state index in [0.717, 1.165) is 11.4 Å². The monoisotopic (exact) mass is 268 g/mol. The van der Waals surface area contributed by atoms with Crippen LogP contribution >= 0.6 is 11.8 Å². The van der Waals surface area contributed by atoms with Gasteiger partial charge in [-0.15, -0.1) is 0 Å². The molecular weight excluding hydrogens is 244 g/mol. The summed E-state index contributed by atoms with van der Waals surface area (Å²) in [6.07, 6.45) is 7.65. The van der Waals surface area contributed by atoms with Crippen molar-refractivity contribution in [2.24, 2.45) is 0 Å². The van der Waals surface area contributed by atoms with Gasteiger partial charge in [0.15, 0.2) is 0 Å². The predicted molar refractivity (Wildman–Crippen MR) is 77.0 cm³/mol. The Labute approximate surface area is 114 Å². The first-order chi connectivity index (χ1) is 8.65. The van der Waals surface area contributed by atoms with Crippen LogP contribution in [0, 0.1) is 0 Å². The summed E-state index contributed by atoms with van der Waals surface area (Å²) in [7, 11) is 0. The lowest BCUT2D eigenvalue weighted by atomic mass is 10.2. The highest BCUT2D eigenvalue weighted by Gasteiger charge is 2.18. The van der Waals surface area contributed by atoms with Gasteiger partial charge in [0.1, 0.15) is 0 Å². The Hall–Kier alpha value is -0.480. The Kier molecular flexibility index (Phi) is 5.13. The third-order valence-electron chi connectivity index (χ3n) is 3.43. The van der Waals surface area contributed by atoms with Gasteiger partial charge in [-0.05, 0) is 24.2 Å². The second kappa shape index (κ2) is 6.62. The molecule has 0 amide bonds. The van der Waals surface area contributed by atoms with Crippen LogP contribution in [-0.2, 0) is 6.42 Å². The summed E-state index contributed by atoms with van der Waals surface area (Å²) in [6, 6.07) is 2.66. The topological polar surface area (TPSA) is 38.0 Å². The molecular formula is C14H24N2OS. The SMILES string of the molecule is CC(C)SCC(O)Cc1ccn(C2CCCC2)n1. The van der Waals surface area contributed by atoms with Crippen molar-refractivity contribution >= 4 is 11.8 Å². The third-order valence-corrected chi connectivity index (χ3v) is 4.67. The molecule has 3 nitrogen and oxygen atoms in total. The van der Waals surface area contributed by atoms with Gasteiger partial charge in [-0.3, -0.25) is 4.68 Å². The van der Waals surface area contributed by atoms with Crippen molar-refractivity contribution in [3.8, 4) is 0 Å². The minimum absolute atomic E-state index is 0.274. The van der Waals surface area contributed by atoms with Crippen LogP contribution in [0.5, 0.6) is 0 Å². The Morgan fingerprint density at radius 1 is 1.44 bits per heavy atom. The maximum atomic E-state index is 9.96. The molecule has 1 heterocycles. The number of aliphatic hydroxyl groups excluding tert-OH is 1. The molecule has 4 heteroatoms. The Balaban J connectivity index is 1.82. The van der Waals surface area contributed by atoms with Crippen LogP contribution in [0.3, 0.4) is 0 Å². The summed E-state index contributed by atoms with van der Waals surface area (Å²) < 4.78 is 2.10. The first-order valence-electron chi connectivity index (χ1n) is 6.99. The Morgan fingerprint density at radius 3 is 2.83 bits per heavy atom. The molecule has 0 aromatic carbocycles. The molecule has 1 N–H and O–H groups in total. The molecule has 0 spiro atoms. The van der Waals surface area contributed by atoms with Gasteiger partial charge in [-0.2, -0.15) is 16.9 Å². The van der Waals surface area contributed by atoms with Crippen molar-refractivity contribution in [1.29, 1.82) is 0 Å². The zero-order valence-electron chi connectivity index (χ0n) is 11.4. The van der Waals surface area contributed by atoms with Crippen molar-refractivity contribution in [3.05, 3.63) is 18.0 Å². The molecule has 1 aliphatic rings. The number of thioether (sulfide) groups is 1. The average molecular weight is 268 g/mol. The van der Waals surface area contributed by atoms with E-state index >= 15 is 0 Å². The van der Waals surface area contributed by atoms with Crippen molar-refractivity contribution in [2.75, 3.05) is 5.75 Å².